The molecule has 0 spiro atoms. The molecule has 3 nitrogen and oxygen atoms in total. The Morgan fingerprint density at radius 2 is 1.79 bits per heavy atom. The number of benzene rings is 1. The molecule has 0 heterocycles. The van der Waals surface area contributed by atoms with Gasteiger partial charge in [-0.1, -0.05) is 24.3 Å². The first-order valence-corrected chi connectivity index (χ1v) is 4.24. The first-order chi connectivity index (χ1) is 6.22. The van der Waals surface area contributed by atoms with Crippen LogP contribution < -0.4 is 11.1 Å². The molecule has 0 aromatic heterocycles. The highest BCUT2D eigenvalue weighted by molar-refractivity contribution is 5.85. The summed E-state index contributed by atoms with van der Waals surface area (Å²) in [6.07, 6.45) is 0. The van der Waals surface area contributed by atoms with Gasteiger partial charge in [0.25, 0.3) is 0 Å². The zero-order chi connectivity index (χ0) is 9.68. The van der Waals surface area contributed by atoms with Gasteiger partial charge >= 0.3 is 0 Å². The van der Waals surface area contributed by atoms with Gasteiger partial charge in [0.05, 0.1) is 0 Å². The van der Waals surface area contributed by atoms with Crippen LogP contribution in [-0.2, 0) is 17.9 Å². The number of halogens is 1. The quantitative estimate of drug-likeness (QED) is 0.795. The number of rotatable bonds is 3. The third kappa shape index (κ3) is 4.25. The molecular formula is C10H15ClN2O. The minimum Gasteiger partial charge on any atom is -0.352 e. The molecular weight excluding hydrogens is 200 g/mol. The van der Waals surface area contributed by atoms with Gasteiger partial charge in [0.1, 0.15) is 0 Å². The van der Waals surface area contributed by atoms with Crippen molar-refractivity contribution in [1.29, 1.82) is 0 Å². The molecule has 0 bridgehead atoms. The van der Waals surface area contributed by atoms with E-state index in [0.717, 1.165) is 11.1 Å². The maximum Gasteiger partial charge on any atom is 0.217 e. The van der Waals surface area contributed by atoms with Gasteiger partial charge in [0, 0.05) is 20.0 Å². The molecule has 1 aromatic rings. The van der Waals surface area contributed by atoms with Gasteiger partial charge in [-0.2, -0.15) is 0 Å². The van der Waals surface area contributed by atoms with Gasteiger partial charge in [0.2, 0.25) is 5.91 Å². The van der Waals surface area contributed by atoms with Crippen LogP contribution >= 0.6 is 12.4 Å². The minimum atomic E-state index is -0.0112. The summed E-state index contributed by atoms with van der Waals surface area (Å²) in [5.41, 5.74) is 7.65. The van der Waals surface area contributed by atoms with Crippen LogP contribution in [0.1, 0.15) is 18.1 Å². The standard InChI is InChI=1S/C10H14N2O.ClH/c1-8(13)12-7-10-4-2-9(6-11)3-5-10;/h2-5H,6-7,11H2,1H3,(H,12,13);1H. The van der Waals surface area contributed by atoms with Crippen molar-refractivity contribution in [2.45, 2.75) is 20.0 Å². The summed E-state index contributed by atoms with van der Waals surface area (Å²) in [6, 6.07) is 7.88. The van der Waals surface area contributed by atoms with Gasteiger partial charge < -0.3 is 11.1 Å². The highest BCUT2D eigenvalue weighted by Gasteiger charge is 1.94. The molecule has 0 radical (unpaired) electrons. The lowest BCUT2D eigenvalue weighted by Crippen LogP contribution is -2.18. The second kappa shape index (κ2) is 6.40. The van der Waals surface area contributed by atoms with Crippen LogP contribution in [0.4, 0.5) is 0 Å². The Bertz CT molecular complexity index is 285. The molecule has 1 aromatic carbocycles. The van der Waals surface area contributed by atoms with Crippen LogP contribution in [0.2, 0.25) is 0 Å². The van der Waals surface area contributed by atoms with Crippen LogP contribution in [0, 0.1) is 0 Å². The fourth-order valence-corrected chi connectivity index (χ4v) is 1.02. The molecule has 14 heavy (non-hydrogen) atoms. The molecule has 0 aliphatic carbocycles. The predicted molar refractivity (Wildman–Crippen MR) is 59.1 cm³/mol. The second-order valence-corrected chi connectivity index (χ2v) is 2.93. The van der Waals surface area contributed by atoms with Crippen molar-refractivity contribution in [2.75, 3.05) is 0 Å². The Hall–Kier alpha value is -1.06. The van der Waals surface area contributed by atoms with Crippen LogP contribution in [0.25, 0.3) is 0 Å². The van der Waals surface area contributed by atoms with Gasteiger partial charge in [-0.25, -0.2) is 0 Å². The van der Waals surface area contributed by atoms with Crippen molar-refractivity contribution in [3.8, 4) is 0 Å². The highest BCUT2D eigenvalue weighted by atomic mass is 35.5. The number of amides is 1. The van der Waals surface area contributed by atoms with E-state index in [-0.39, 0.29) is 18.3 Å². The Morgan fingerprint density at radius 3 is 2.21 bits per heavy atom. The first-order valence-electron chi connectivity index (χ1n) is 4.24. The van der Waals surface area contributed by atoms with Crippen LogP contribution in [0.5, 0.6) is 0 Å². The van der Waals surface area contributed by atoms with Crippen LogP contribution in [-0.4, -0.2) is 5.91 Å². The zero-order valence-corrected chi connectivity index (χ0v) is 8.93. The fraction of sp³-hybridized carbons (Fsp3) is 0.300. The summed E-state index contributed by atoms with van der Waals surface area (Å²) in [7, 11) is 0. The average molecular weight is 215 g/mol. The molecule has 0 fully saturated rings. The summed E-state index contributed by atoms with van der Waals surface area (Å²) >= 11 is 0. The summed E-state index contributed by atoms with van der Waals surface area (Å²) in [4.78, 5) is 10.6. The second-order valence-electron chi connectivity index (χ2n) is 2.93. The van der Waals surface area contributed by atoms with E-state index >= 15 is 0 Å². The monoisotopic (exact) mass is 214 g/mol. The lowest BCUT2D eigenvalue weighted by molar-refractivity contribution is -0.119. The molecule has 3 N–H and O–H groups in total. The number of nitrogens with one attached hydrogen (secondary N) is 1. The van der Waals surface area contributed by atoms with E-state index in [9.17, 15) is 4.79 Å². The first kappa shape index (κ1) is 12.9. The Labute approximate surface area is 90.1 Å². The lowest BCUT2D eigenvalue weighted by Gasteiger charge is -2.02. The van der Waals surface area contributed by atoms with E-state index < -0.39 is 0 Å². The third-order valence-corrected chi connectivity index (χ3v) is 1.80. The molecule has 4 heteroatoms. The van der Waals surface area contributed by atoms with Gasteiger partial charge in [-0.15, -0.1) is 12.4 Å². The number of hydrogen-bond donors (Lipinski definition) is 2. The smallest absolute Gasteiger partial charge is 0.217 e. The van der Waals surface area contributed by atoms with E-state index in [4.69, 9.17) is 5.73 Å². The maximum absolute atomic E-state index is 10.6. The summed E-state index contributed by atoms with van der Waals surface area (Å²) < 4.78 is 0. The molecule has 0 aliphatic heterocycles. The van der Waals surface area contributed by atoms with E-state index in [0.29, 0.717) is 13.1 Å². The van der Waals surface area contributed by atoms with Crippen molar-refractivity contribution in [1.82, 2.24) is 5.32 Å². The molecule has 0 unspecified atom stereocenters. The van der Waals surface area contributed by atoms with Gasteiger partial charge in [-0.05, 0) is 11.1 Å². The topological polar surface area (TPSA) is 55.1 Å². The normalized spacial score (nSPS) is 9.00. The molecule has 0 saturated heterocycles. The average Bonchev–Trinajstić information content (AvgIpc) is 2.15. The molecule has 0 atom stereocenters. The highest BCUT2D eigenvalue weighted by Crippen LogP contribution is 2.02. The maximum atomic E-state index is 10.6. The van der Waals surface area contributed by atoms with E-state index in [1.807, 2.05) is 24.3 Å². The summed E-state index contributed by atoms with van der Waals surface area (Å²) in [5, 5.41) is 2.73. The lowest BCUT2D eigenvalue weighted by atomic mass is 10.1. The van der Waals surface area contributed by atoms with E-state index in [1.54, 1.807) is 0 Å². The SMILES string of the molecule is CC(=O)NCc1ccc(CN)cc1.Cl. The van der Waals surface area contributed by atoms with Crippen molar-refractivity contribution < 1.29 is 4.79 Å². The fourth-order valence-electron chi connectivity index (χ4n) is 1.02. The van der Waals surface area contributed by atoms with Crippen molar-refractivity contribution in [2.24, 2.45) is 5.73 Å². The Morgan fingerprint density at radius 1 is 1.29 bits per heavy atom. The Kier molecular flexibility index (Phi) is 5.92. The molecule has 0 aliphatic rings. The van der Waals surface area contributed by atoms with Crippen molar-refractivity contribution in [3.63, 3.8) is 0 Å². The summed E-state index contributed by atoms with van der Waals surface area (Å²) in [5.74, 6) is -0.0112. The van der Waals surface area contributed by atoms with Crippen molar-refractivity contribution in [3.05, 3.63) is 35.4 Å². The molecule has 78 valence electrons. The number of carbonyl (C=O) groups is 1. The Balaban J connectivity index is 0.00000169. The van der Waals surface area contributed by atoms with Crippen LogP contribution in [0.15, 0.2) is 24.3 Å². The third-order valence-electron chi connectivity index (χ3n) is 1.80. The predicted octanol–water partition coefficient (Wildman–Crippen LogP) is 1.20. The molecule has 1 rings (SSSR count). The number of carbonyl (C=O) groups excluding carboxylic acids is 1. The minimum absolute atomic E-state index is 0. The number of hydrogen-bond acceptors (Lipinski definition) is 2. The number of nitrogens with two attached hydrogens (primary N) is 1. The van der Waals surface area contributed by atoms with Gasteiger partial charge in [-0.3, -0.25) is 4.79 Å². The van der Waals surface area contributed by atoms with E-state index in [2.05, 4.69) is 5.32 Å². The van der Waals surface area contributed by atoms with E-state index in [1.165, 1.54) is 6.92 Å². The largest absolute Gasteiger partial charge is 0.352 e. The van der Waals surface area contributed by atoms with Crippen LogP contribution in [0.3, 0.4) is 0 Å². The molecule has 0 saturated carbocycles. The summed E-state index contributed by atoms with van der Waals surface area (Å²) in [6.45, 7) is 2.65. The molecule has 1 amide bonds. The van der Waals surface area contributed by atoms with Crippen molar-refractivity contribution >= 4 is 18.3 Å². The van der Waals surface area contributed by atoms with Gasteiger partial charge in [0.15, 0.2) is 0 Å². The zero-order valence-electron chi connectivity index (χ0n) is 8.12.